The first-order chi connectivity index (χ1) is 7.04. The summed E-state index contributed by atoms with van der Waals surface area (Å²) >= 11 is 0. The standard InChI is InChI=1S/C10H16F2N2O/c1-2-13-3-5-14(6-4-13)9(15)8-7-10(8,11)12/h8H,2-7H2,1H3. The number of nitrogens with zero attached hydrogens (tertiary/aromatic N) is 2. The summed E-state index contributed by atoms with van der Waals surface area (Å²) in [5.74, 6) is -4.10. The van der Waals surface area contributed by atoms with Gasteiger partial charge in [0.2, 0.25) is 5.91 Å². The Morgan fingerprint density at radius 2 is 1.87 bits per heavy atom. The molecule has 5 heteroatoms. The molecule has 0 bridgehead atoms. The Hall–Kier alpha value is -0.710. The normalized spacial score (nSPS) is 30.3. The molecule has 0 spiro atoms. The predicted molar refractivity (Wildman–Crippen MR) is 51.7 cm³/mol. The highest BCUT2D eigenvalue weighted by Crippen LogP contribution is 2.49. The van der Waals surface area contributed by atoms with E-state index in [9.17, 15) is 13.6 Å². The van der Waals surface area contributed by atoms with Gasteiger partial charge >= 0.3 is 0 Å². The lowest BCUT2D eigenvalue weighted by atomic mass is 10.2. The van der Waals surface area contributed by atoms with Crippen LogP contribution in [0.15, 0.2) is 0 Å². The largest absolute Gasteiger partial charge is 0.340 e. The van der Waals surface area contributed by atoms with E-state index in [1.165, 1.54) is 0 Å². The Bertz CT molecular complexity index is 262. The molecule has 2 fully saturated rings. The van der Waals surface area contributed by atoms with Crippen LogP contribution in [0.5, 0.6) is 0 Å². The van der Waals surface area contributed by atoms with Gasteiger partial charge in [0.15, 0.2) is 0 Å². The maximum absolute atomic E-state index is 12.7. The van der Waals surface area contributed by atoms with E-state index in [-0.39, 0.29) is 12.3 Å². The van der Waals surface area contributed by atoms with Crippen LogP contribution in [0.25, 0.3) is 0 Å². The smallest absolute Gasteiger partial charge is 0.260 e. The highest BCUT2D eigenvalue weighted by Gasteiger charge is 2.62. The Labute approximate surface area is 88.0 Å². The Morgan fingerprint density at radius 1 is 1.33 bits per heavy atom. The number of piperazine rings is 1. The van der Waals surface area contributed by atoms with Gasteiger partial charge in [-0.1, -0.05) is 6.92 Å². The fourth-order valence-electron chi connectivity index (χ4n) is 1.99. The van der Waals surface area contributed by atoms with Crippen LogP contribution in [0.3, 0.4) is 0 Å². The molecule has 86 valence electrons. The molecule has 2 aliphatic rings. The van der Waals surface area contributed by atoms with Crippen LogP contribution in [-0.2, 0) is 4.79 Å². The van der Waals surface area contributed by atoms with Gasteiger partial charge in [-0.25, -0.2) is 8.78 Å². The lowest BCUT2D eigenvalue weighted by molar-refractivity contribution is -0.136. The fraction of sp³-hybridized carbons (Fsp3) is 0.900. The monoisotopic (exact) mass is 218 g/mol. The molecule has 15 heavy (non-hydrogen) atoms. The lowest BCUT2D eigenvalue weighted by Gasteiger charge is -2.34. The minimum Gasteiger partial charge on any atom is -0.340 e. The van der Waals surface area contributed by atoms with Crippen molar-refractivity contribution < 1.29 is 13.6 Å². The third kappa shape index (κ3) is 2.12. The molecule has 1 aliphatic heterocycles. The summed E-state index contributed by atoms with van der Waals surface area (Å²) in [5, 5.41) is 0. The van der Waals surface area contributed by atoms with Crippen molar-refractivity contribution in [2.75, 3.05) is 32.7 Å². The molecule has 3 nitrogen and oxygen atoms in total. The van der Waals surface area contributed by atoms with Gasteiger partial charge in [0, 0.05) is 32.6 Å². The fourth-order valence-corrected chi connectivity index (χ4v) is 1.99. The number of carbonyl (C=O) groups excluding carboxylic acids is 1. The van der Waals surface area contributed by atoms with Crippen LogP contribution in [0, 0.1) is 5.92 Å². The van der Waals surface area contributed by atoms with E-state index in [4.69, 9.17) is 0 Å². The molecule has 0 radical (unpaired) electrons. The first kappa shape index (κ1) is 10.8. The van der Waals surface area contributed by atoms with Crippen molar-refractivity contribution in [1.82, 2.24) is 9.80 Å². The minimum atomic E-state index is -2.72. The van der Waals surface area contributed by atoms with Gasteiger partial charge in [-0.2, -0.15) is 0 Å². The summed E-state index contributed by atoms with van der Waals surface area (Å²) in [6.45, 7) is 5.83. The summed E-state index contributed by atoms with van der Waals surface area (Å²) in [4.78, 5) is 15.4. The van der Waals surface area contributed by atoms with Crippen molar-refractivity contribution in [2.24, 2.45) is 5.92 Å². The topological polar surface area (TPSA) is 23.6 Å². The SMILES string of the molecule is CCN1CCN(C(=O)C2CC2(F)F)CC1. The maximum atomic E-state index is 12.7. The first-order valence-electron chi connectivity index (χ1n) is 5.43. The van der Waals surface area contributed by atoms with Gasteiger partial charge in [0.05, 0.1) is 0 Å². The van der Waals surface area contributed by atoms with Crippen molar-refractivity contribution in [3.8, 4) is 0 Å². The second-order valence-electron chi connectivity index (χ2n) is 4.28. The minimum absolute atomic E-state index is 0.250. The molecular weight excluding hydrogens is 202 g/mol. The number of rotatable bonds is 2. The van der Waals surface area contributed by atoms with Gasteiger partial charge in [-0.05, 0) is 6.54 Å². The van der Waals surface area contributed by atoms with Gasteiger partial charge < -0.3 is 9.80 Å². The van der Waals surface area contributed by atoms with E-state index >= 15 is 0 Å². The molecule has 1 unspecified atom stereocenters. The third-order valence-electron chi connectivity index (χ3n) is 3.26. The van der Waals surface area contributed by atoms with Crippen LogP contribution in [0.4, 0.5) is 8.78 Å². The second kappa shape index (κ2) is 3.70. The lowest BCUT2D eigenvalue weighted by Crippen LogP contribution is -2.49. The zero-order valence-corrected chi connectivity index (χ0v) is 8.88. The Balaban J connectivity index is 1.84. The molecule has 0 N–H and O–H groups in total. The maximum Gasteiger partial charge on any atom is 0.260 e. The average molecular weight is 218 g/mol. The van der Waals surface area contributed by atoms with Gasteiger partial charge in [-0.15, -0.1) is 0 Å². The first-order valence-corrected chi connectivity index (χ1v) is 5.43. The summed E-state index contributed by atoms with van der Waals surface area (Å²) in [7, 11) is 0. The molecule has 1 aliphatic carbocycles. The van der Waals surface area contributed by atoms with Gasteiger partial charge in [0.25, 0.3) is 5.92 Å². The molecule has 1 amide bonds. The van der Waals surface area contributed by atoms with E-state index < -0.39 is 11.8 Å². The molecule has 1 atom stereocenters. The molecule has 0 aromatic rings. The average Bonchev–Trinajstić information content (AvgIpc) is 2.87. The number of amides is 1. The molecule has 0 aromatic heterocycles. The molecule has 0 aromatic carbocycles. The van der Waals surface area contributed by atoms with Gasteiger partial charge in [0.1, 0.15) is 5.92 Å². The summed E-state index contributed by atoms with van der Waals surface area (Å²) in [6.07, 6.45) is -0.250. The number of hydrogen-bond donors (Lipinski definition) is 0. The Morgan fingerprint density at radius 3 is 2.27 bits per heavy atom. The molecule has 1 heterocycles. The number of hydrogen-bond acceptors (Lipinski definition) is 2. The summed E-state index contributed by atoms with van der Waals surface area (Å²) in [5.41, 5.74) is 0. The zero-order valence-electron chi connectivity index (χ0n) is 8.88. The van der Waals surface area contributed by atoms with Crippen LogP contribution >= 0.6 is 0 Å². The molecule has 2 rings (SSSR count). The highest BCUT2D eigenvalue weighted by molar-refractivity contribution is 5.83. The summed E-state index contributed by atoms with van der Waals surface area (Å²) in [6, 6.07) is 0. The Kier molecular flexibility index (Phi) is 2.66. The predicted octanol–water partition coefficient (Wildman–Crippen LogP) is 0.806. The van der Waals surface area contributed by atoms with E-state index in [1.54, 1.807) is 4.90 Å². The van der Waals surface area contributed by atoms with Crippen molar-refractivity contribution >= 4 is 5.91 Å². The van der Waals surface area contributed by atoms with Crippen molar-refractivity contribution in [2.45, 2.75) is 19.3 Å². The quantitative estimate of drug-likeness (QED) is 0.684. The van der Waals surface area contributed by atoms with Crippen molar-refractivity contribution in [3.05, 3.63) is 0 Å². The number of likely N-dealkylation sites (N-methyl/N-ethyl adjacent to an activating group) is 1. The van der Waals surface area contributed by atoms with E-state index in [0.717, 1.165) is 19.6 Å². The highest BCUT2D eigenvalue weighted by atomic mass is 19.3. The molecule has 1 saturated carbocycles. The van der Waals surface area contributed by atoms with E-state index in [1.807, 2.05) is 0 Å². The zero-order chi connectivity index (χ0) is 11.1. The van der Waals surface area contributed by atoms with Crippen LogP contribution in [0.1, 0.15) is 13.3 Å². The summed E-state index contributed by atoms with van der Waals surface area (Å²) < 4.78 is 25.4. The van der Waals surface area contributed by atoms with E-state index in [2.05, 4.69) is 11.8 Å². The number of carbonyl (C=O) groups is 1. The van der Waals surface area contributed by atoms with Crippen molar-refractivity contribution in [1.29, 1.82) is 0 Å². The second-order valence-corrected chi connectivity index (χ2v) is 4.28. The molecular formula is C10H16F2N2O. The van der Waals surface area contributed by atoms with E-state index in [0.29, 0.717) is 13.1 Å². The number of alkyl halides is 2. The van der Waals surface area contributed by atoms with Crippen LogP contribution in [0.2, 0.25) is 0 Å². The van der Waals surface area contributed by atoms with Crippen molar-refractivity contribution in [3.63, 3.8) is 0 Å². The van der Waals surface area contributed by atoms with Crippen LogP contribution < -0.4 is 0 Å². The van der Waals surface area contributed by atoms with Crippen LogP contribution in [-0.4, -0.2) is 54.4 Å². The number of halogens is 2. The van der Waals surface area contributed by atoms with Gasteiger partial charge in [-0.3, -0.25) is 4.79 Å². The third-order valence-corrected chi connectivity index (χ3v) is 3.26. The molecule has 1 saturated heterocycles.